The monoisotopic (exact) mass is 281 g/mol. The highest BCUT2D eigenvalue weighted by Gasteiger charge is 2.34. The van der Waals surface area contributed by atoms with Crippen LogP contribution in [0.4, 0.5) is 0 Å². The number of hydrogen-bond acceptors (Lipinski definition) is 3. The Balaban J connectivity index is 1.96. The van der Waals surface area contributed by atoms with Gasteiger partial charge in [-0.1, -0.05) is 6.92 Å². The molecule has 5 heteroatoms. The maximum Gasteiger partial charge on any atom is 0.226 e. The Labute approximate surface area is 121 Å². The Morgan fingerprint density at radius 2 is 1.70 bits per heavy atom. The second kappa shape index (κ2) is 6.57. The van der Waals surface area contributed by atoms with Gasteiger partial charge in [0.1, 0.15) is 0 Å². The molecule has 2 fully saturated rings. The molecule has 1 aliphatic carbocycles. The van der Waals surface area contributed by atoms with Crippen molar-refractivity contribution in [2.75, 3.05) is 26.2 Å². The van der Waals surface area contributed by atoms with Crippen LogP contribution < -0.4 is 5.73 Å². The van der Waals surface area contributed by atoms with Gasteiger partial charge in [0.15, 0.2) is 0 Å². The van der Waals surface area contributed by atoms with Crippen molar-refractivity contribution >= 4 is 11.8 Å². The average Bonchev–Trinajstić information content (AvgIpc) is 2.66. The zero-order chi connectivity index (χ0) is 14.7. The van der Waals surface area contributed by atoms with Crippen LogP contribution in [0.1, 0.15) is 39.5 Å². The third-order valence-corrected chi connectivity index (χ3v) is 4.81. The van der Waals surface area contributed by atoms with Gasteiger partial charge in [0.25, 0.3) is 0 Å². The summed E-state index contributed by atoms with van der Waals surface area (Å²) < 4.78 is 0. The lowest BCUT2D eigenvalue weighted by molar-refractivity contribution is -0.139. The molecular weight excluding hydrogens is 254 g/mol. The molecule has 1 aliphatic heterocycles. The van der Waals surface area contributed by atoms with Crippen LogP contribution in [0.2, 0.25) is 0 Å². The standard InChI is InChI=1S/C15H27N3O2/c1-11-4-5-13(16)10-14(11)15(20)18-7-3-6-17(8-9-18)12(2)19/h11,13-14H,3-10,16H2,1-2H3. The summed E-state index contributed by atoms with van der Waals surface area (Å²) in [5.41, 5.74) is 6.02. The van der Waals surface area contributed by atoms with Gasteiger partial charge in [-0.15, -0.1) is 0 Å². The predicted octanol–water partition coefficient (Wildman–Crippen LogP) is 0.831. The quantitative estimate of drug-likeness (QED) is 0.774. The first kappa shape index (κ1) is 15.3. The fourth-order valence-electron chi connectivity index (χ4n) is 3.39. The van der Waals surface area contributed by atoms with Crippen LogP contribution in [-0.4, -0.2) is 53.8 Å². The number of carbonyl (C=O) groups excluding carboxylic acids is 2. The molecular formula is C15H27N3O2. The minimum absolute atomic E-state index is 0.0719. The van der Waals surface area contributed by atoms with Gasteiger partial charge >= 0.3 is 0 Å². The number of nitrogens with zero attached hydrogens (tertiary/aromatic N) is 2. The van der Waals surface area contributed by atoms with Gasteiger partial charge in [0.2, 0.25) is 11.8 Å². The van der Waals surface area contributed by atoms with Gasteiger partial charge < -0.3 is 15.5 Å². The number of hydrogen-bond donors (Lipinski definition) is 1. The summed E-state index contributed by atoms with van der Waals surface area (Å²) in [6.07, 6.45) is 3.76. The fourth-order valence-corrected chi connectivity index (χ4v) is 3.39. The molecule has 0 aromatic carbocycles. The summed E-state index contributed by atoms with van der Waals surface area (Å²) in [5, 5.41) is 0. The molecule has 2 amide bonds. The van der Waals surface area contributed by atoms with E-state index in [2.05, 4.69) is 6.92 Å². The van der Waals surface area contributed by atoms with Crippen molar-refractivity contribution < 1.29 is 9.59 Å². The van der Waals surface area contributed by atoms with Crippen molar-refractivity contribution in [3.05, 3.63) is 0 Å². The van der Waals surface area contributed by atoms with Crippen LogP contribution in [0.5, 0.6) is 0 Å². The molecule has 2 rings (SSSR count). The van der Waals surface area contributed by atoms with Gasteiger partial charge in [-0.2, -0.15) is 0 Å². The number of amides is 2. The lowest BCUT2D eigenvalue weighted by Crippen LogP contribution is -2.45. The molecule has 1 heterocycles. The molecule has 2 aliphatic rings. The van der Waals surface area contributed by atoms with E-state index in [-0.39, 0.29) is 23.8 Å². The van der Waals surface area contributed by atoms with Crippen LogP contribution in [0.3, 0.4) is 0 Å². The van der Waals surface area contributed by atoms with Crippen LogP contribution in [0, 0.1) is 11.8 Å². The van der Waals surface area contributed by atoms with Crippen LogP contribution in [-0.2, 0) is 9.59 Å². The highest BCUT2D eigenvalue weighted by Crippen LogP contribution is 2.30. The van der Waals surface area contributed by atoms with E-state index in [0.717, 1.165) is 38.8 Å². The summed E-state index contributed by atoms with van der Waals surface area (Å²) in [4.78, 5) is 27.9. The molecule has 1 saturated carbocycles. The maximum atomic E-state index is 12.7. The molecule has 2 N–H and O–H groups in total. The topological polar surface area (TPSA) is 66.6 Å². The SMILES string of the molecule is CC(=O)N1CCCN(C(=O)C2CC(N)CCC2C)CC1. The fraction of sp³-hybridized carbons (Fsp3) is 0.867. The minimum Gasteiger partial charge on any atom is -0.341 e. The molecule has 5 nitrogen and oxygen atoms in total. The zero-order valence-electron chi connectivity index (χ0n) is 12.7. The molecule has 0 radical (unpaired) electrons. The number of rotatable bonds is 1. The Hall–Kier alpha value is -1.10. The summed E-state index contributed by atoms with van der Waals surface area (Å²) in [6, 6.07) is 0.167. The van der Waals surface area contributed by atoms with Crippen molar-refractivity contribution in [2.24, 2.45) is 17.6 Å². The summed E-state index contributed by atoms with van der Waals surface area (Å²) in [5.74, 6) is 0.850. The van der Waals surface area contributed by atoms with E-state index in [1.54, 1.807) is 6.92 Å². The summed E-state index contributed by atoms with van der Waals surface area (Å²) in [7, 11) is 0. The lowest BCUT2D eigenvalue weighted by atomic mass is 9.77. The minimum atomic E-state index is 0.0719. The van der Waals surface area contributed by atoms with Crippen molar-refractivity contribution in [2.45, 2.75) is 45.6 Å². The van der Waals surface area contributed by atoms with Gasteiger partial charge in [-0.3, -0.25) is 9.59 Å². The van der Waals surface area contributed by atoms with E-state index < -0.39 is 0 Å². The number of nitrogens with two attached hydrogens (primary N) is 1. The van der Waals surface area contributed by atoms with Crippen molar-refractivity contribution in [1.29, 1.82) is 0 Å². The normalized spacial score (nSPS) is 31.9. The third-order valence-electron chi connectivity index (χ3n) is 4.81. The molecule has 0 aromatic heterocycles. The Kier molecular flexibility index (Phi) is 5.02. The van der Waals surface area contributed by atoms with E-state index in [9.17, 15) is 9.59 Å². The van der Waals surface area contributed by atoms with Crippen molar-refractivity contribution in [3.63, 3.8) is 0 Å². The largest absolute Gasteiger partial charge is 0.341 e. The molecule has 20 heavy (non-hydrogen) atoms. The van der Waals surface area contributed by atoms with E-state index in [1.165, 1.54) is 0 Å². The summed E-state index contributed by atoms with van der Waals surface area (Å²) in [6.45, 7) is 6.61. The van der Waals surface area contributed by atoms with Crippen LogP contribution >= 0.6 is 0 Å². The van der Waals surface area contributed by atoms with Crippen molar-refractivity contribution in [1.82, 2.24) is 9.80 Å². The van der Waals surface area contributed by atoms with Crippen LogP contribution in [0.25, 0.3) is 0 Å². The molecule has 114 valence electrons. The van der Waals surface area contributed by atoms with E-state index >= 15 is 0 Å². The molecule has 1 saturated heterocycles. The van der Waals surface area contributed by atoms with Gasteiger partial charge in [-0.25, -0.2) is 0 Å². The zero-order valence-corrected chi connectivity index (χ0v) is 12.7. The molecule has 0 spiro atoms. The average molecular weight is 281 g/mol. The predicted molar refractivity (Wildman–Crippen MR) is 77.9 cm³/mol. The molecule has 3 atom stereocenters. The second-order valence-corrected chi connectivity index (χ2v) is 6.34. The number of carbonyl (C=O) groups is 2. The molecule has 0 bridgehead atoms. The Morgan fingerprint density at radius 3 is 2.40 bits per heavy atom. The Morgan fingerprint density at radius 1 is 1.05 bits per heavy atom. The molecule has 0 aromatic rings. The van der Waals surface area contributed by atoms with Gasteiger partial charge in [0, 0.05) is 45.1 Å². The lowest BCUT2D eigenvalue weighted by Gasteiger charge is -2.35. The van der Waals surface area contributed by atoms with Crippen molar-refractivity contribution in [3.8, 4) is 0 Å². The summed E-state index contributed by atoms with van der Waals surface area (Å²) >= 11 is 0. The van der Waals surface area contributed by atoms with Gasteiger partial charge in [0.05, 0.1) is 0 Å². The van der Waals surface area contributed by atoms with E-state index in [1.807, 2.05) is 9.80 Å². The first-order chi connectivity index (χ1) is 9.49. The maximum absolute atomic E-state index is 12.7. The first-order valence-electron chi connectivity index (χ1n) is 7.79. The van der Waals surface area contributed by atoms with Gasteiger partial charge in [-0.05, 0) is 31.6 Å². The first-order valence-corrected chi connectivity index (χ1v) is 7.79. The third kappa shape index (κ3) is 3.51. The van der Waals surface area contributed by atoms with E-state index in [0.29, 0.717) is 19.0 Å². The highest BCUT2D eigenvalue weighted by atomic mass is 16.2. The second-order valence-electron chi connectivity index (χ2n) is 6.34. The smallest absolute Gasteiger partial charge is 0.226 e. The Bertz CT molecular complexity index is 372. The van der Waals surface area contributed by atoms with E-state index in [4.69, 9.17) is 5.73 Å². The highest BCUT2D eigenvalue weighted by molar-refractivity contribution is 5.79. The molecule has 3 unspecified atom stereocenters. The van der Waals surface area contributed by atoms with Crippen LogP contribution in [0.15, 0.2) is 0 Å².